The minimum Gasteiger partial charge on any atom is -0.497 e. The van der Waals surface area contributed by atoms with Gasteiger partial charge in [-0.1, -0.05) is 24.3 Å². The highest BCUT2D eigenvalue weighted by atomic mass is 16.5. The molecule has 30 heavy (non-hydrogen) atoms. The topological polar surface area (TPSA) is 78.3 Å². The molecule has 0 fully saturated rings. The summed E-state index contributed by atoms with van der Waals surface area (Å²) < 4.78 is 12.3. The molecule has 0 saturated carbocycles. The molecule has 7 heteroatoms. The van der Waals surface area contributed by atoms with E-state index in [9.17, 15) is 4.79 Å². The van der Waals surface area contributed by atoms with E-state index < -0.39 is 0 Å². The normalized spacial score (nSPS) is 20.3. The van der Waals surface area contributed by atoms with Crippen LogP contribution in [0, 0.1) is 0 Å². The molecule has 1 aliphatic heterocycles. The number of methoxy groups -OCH3 is 2. The molecule has 2 atom stereocenters. The quantitative estimate of drug-likeness (QED) is 0.717. The van der Waals surface area contributed by atoms with Gasteiger partial charge >= 0.3 is 0 Å². The Kier molecular flexibility index (Phi) is 4.50. The second-order valence-electron chi connectivity index (χ2n) is 7.52. The molecule has 1 aliphatic carbocycles. The van der Waals surface area contributed by atoms with Gasteiger partial charge in [-0.15, -0.1) is 0 Å². The minimum atomic E-state index is -0.297. The van der Waals surface area contributed by atoms with Crippen LogP contribution in [0.5, 0.6) is 11.5 Å². The smallest absolute Gasteiger partial charge is 0.226 e. The Morgan fingerprint density at radius 2 is 1.57 bits per heavy atom. The van der Waals surface area contributed by atoms with Gasteiger partial charge in [-0.25, -0.2) is 4.68 Å². The van der Waals surface area contributed by atoms with Crippen molar-refractivity contribution >= 4 is 11.7 Å². The fourth-order valence-corrected chi connectivity index (χ4v) is 4.36. The molecule has 0 radical (unpaired) electrons. The third-order valence-electron chi connectivity index (χ3n) is 5.88. The first kappa shape index (κ1) is 18.4. The number of nitrogens with zero attached hydrogens (tertiary/aromatic N) is 3. The van der Waals surface area contributed by atoms with Crippen LogP contribution in [0.25, 0.3) is 0 Å². The van der Waals surface area contributed by atoms with E-state index in [-0.39, 0.29) is 17.7 Å². The number of hydrogen-bond donors (Lipinski definition) is 1. The zero-order valence-corrected chi connectivity index (χ0v) is 16.8. The number of Topliss-reactive ketones (excluding diaryl/α,β-unsaturated/α-hetero) is 1. The van der Waals surface area contributed by atoms with Crippen LogP contribution in [-0.2, 0) is 4.79 Å². The van der Waals surface area contributed by atoms with Gasteiger partial charge in [0.1, 0.15) is 23.9 Å². The van der Waals surface area contributed by atoms with Gasteiger partial charge in [0.15, 0.2) is 5.78 Å². The predicted molar refractivity (Wildman–Crippen MR) is 112 cm³/mol. The zero-order valence-electron chi connectivity index (χ0n) is 16.8. The molecule has 0 spiro atoms. The molecule has 5 rings (SSSR count). The van der Waals surface area contributed by atoms with Crippen molar-refractivity contribution in [1.82, 2.24) is 14.8 Å². The monoisotopic (exact) mass is 402 g/mol. The average molecular weight is 402 g/mol. The van der Waals surface area contributed by atoms with E-state index >= 15 is 0 Å². The largest absolute Gasteiger partial charge is 0.497 e. The van der Waals surface area contributed by atoms with E-state index in [0.29, 0.717) is 12.4 Å². The Labute approximate surface area is 174 Å². The van der Waals surface area contributed by atoms with Gasteiger partial charge in [0.25, 0.3) is 0 Å². The molecule has 152 valence electrons. The molecule has 0 saturated heterocycles. The summed E-state index contributed by atoms with van der Waals surface area (Å²) in [6, 6.07) is 15.4. The third kappa shape index (κ3) is 3.03. The molecule has 2 aliphatic rings. The lowest BCUT2D eigenvalue weighted by atomic mass is 9.78. The van der Waals surface area contributed by atoms with E-state index in [2.05, 4.69) is 15.4 Å². The van der Waals surface area contributed by atoms with E-state index in [0.717, 1.165) is 40.3 Å². The van der Waals surface area contributed by atoms with Crippen molar-refractivity contribution in [2.45, 2.75) is 24.8 Å². The van der Waals surface area contributed by atoms with Crippen LogP contribution >= 0.6 is 0 Å². The van der Waals surface area contributed by atoms with E-state index in [4.69, 9.17) is 9.47 Å². The second-order valence-corrected chi connectivity index (χ2v) is 7.52. The number of fused-ring (bicyclic) bond motifs is 1. The highest BCUT2D eigenvalue weighted by Gasteiger charge is 2.39. The SMILES string of the molecule is COc1ccc([C@H]2CC(=O)C3=C(C2)Nc2ncnn2[C@H]3c2ccc(OC)cc2)cc1. The summed E-state index contributed by atoms with van der Waals surface area (Å²) in [7, 11) is 3.29. The highest BCUT2D eigenvalue weighted by Crippen LogP contribution is 2.44. The lowest BCUT2D eigenvalue weighted by Crippen LogP contribution is -2.33. The summed E-state index contributed by atoms with van der Waals surface area (Å²) >= 11 is 0. The number of allylic oxidation sites excluding steroid dienone is 2. The summed E-state index contributed by atoms with van der Waals surface area (Å²) in [6.45, 7) is 0. The number of hydrogen-bond acceptors (Lipinski definition) is 6. The van der Waals surface area contributed by atoms with E-state index in [1.807, 2.05) is 48.5 Å². The van der Waals surface area contributed by atoms with Gasteiger partial charge in [-0.05, 0) is 47.7 Å². The molecule has 1 N–H and O–H groups in total. The number of nitrogens with one attached hydrogen (secondary N) is 1. The van der Waals surface area contributed by atoms with Crippen LogP contribution in [0.4, 0.5) is 5.95 Å². The van der Waals surface area contributed by atoms with Gasteiger partial charge in [0.2, 0.25) is 5.95 Å². The number of carbonyl (C=O) groups excluding carboxylic acids is 1. The number of benzene rings is 2. The van der Waals surface area contributed by atoms with Gasteiger partial charge in [0.05, 0.1) is 14.2 Å². The van der Waals surface area contributed by atoms with Crippen LogP contribution in [0.2, 0.25) is 0 Å². The Morgan fingerprint density at radius 3 is 2.20 bits per heavy atom. The molecule has 2 heterocycles. The molecule has 0 unspecified atom stereocenters. The molecule has 3 aromatic rings. The number of rotatable bonds is 4. The van der Waals surface area contributed by atoms with Crippen molar-refractivity contribution in [3.63, 3.8) is 0 Å². The predicted octanol–water partition coefficient (Wildman–Crippen LogP) is 3.71. The van der Waals surface area contributed by atoms with Crippen molar-refractivity contribution in [3.8, 4) is 11.5 Å². The Balaban J connectivity index is 1.54. The molecule has 0 amide bonds. The van der Waals surface area contributed by atoms with Crippen LogP contribution in [0.3, 0.4) is 0 Å². The first-order valence-electron chi connectivity index (χ1n) is 9.88. The molecular weight excluding hydrogens is 380 g/mol. The third-order valence-corrected chi connectivity index (χ3v) is 5.88. The first-order valence-corrected chi connectivity index (χ1v) is 9.88. The van der Waals surface area contributed by atoms with Crippen molar-refractivity contribution in [1.29, 1.82) is 0 Å². The van der Waals surface area contributed by atoms with Crippen molar-refractivity contribution < 1.29 is 14.3 Å². The highest BCUT2D eigenvalue weighted by molar-refractivity contribution is 6.00. The van der Waals surface area contributed by atoms with E-state index in [1.54, 1.807) is 18.9 Å². The maximum absolute atomic E-state index is 13.4. The van der Waals surface area contributed by atoms with Crippen molar-refractivity contribution in [2.75, 3.05) is 19.5 Å². The van der Waals surface area contributed by atoms with Gasteiger partial charge in [-0.3, -0.25) is 4.79 Å². The van der Waals surface area contributed by atoms with Gasteiger partial charge in [0, 0.05) is 17.7 Å². The lowest BCUT2D eigenvalue weighted by molar-refractivity contribution is -0.116. The van der Waals surface area contributed by atoms with Crippen LogP contribution in [0.1, 0.15) is 35.9 Å². The summed E-state index contributed by atoms with van der Waals surface area (Å²) in [5, 5.41) is 7.74. The number of carbonyl (C=O) groups is 1. The first-order chi connectivity index (χ1) is 14.7. The maximum atomic E-state index is 13.4. The fraction of sp³-hybridized carbons (Fsp3) is 0.261. The second kappa shape index (κ2) is 7.33. The Hall–Kier alpha value is -3.61. The molecular formula is C23H22N4O3. The lowest BCUT2D eigenvalue weighted by Gasteiger charge is -2.35. The molecule has 1 aromatic heterocycles. The molecule has 7 nitrogen and oxygen atoms in total. The zero-order chi connectivity index (χ0) is 20.7. The number of aromatic nitrogens is 3. The van der Waals surface area contributed by atoms with E-state index in [1.165, 1.54) is 6.33 Å². The Bertz CT molecular complexity index is 1120. The average Bonchev–Trinajstić information content (AvgIpc) is 3.26. The maximum Gasteiger partial charge on any atom is 0.226 e. The van der Waals surface area contributed by atoms with Crippen LogP contribution < -0.4 is 14.8 Å². The summed E-state index contributed by atoms with van der Waals surface area (Å²) in [5.41, 5.74) is 3.80. The Morgan fingerprint density at radius 1 is 0.933 bits per heavy atom. The van der Waals surface area contributed by atoms with Crippen molar-refractivity contribution in [3.05, 3.63) is 77.3 Å². The number of ether oxygens (including phenoxy) is 2. The standard InChI is InChI=1S/C23H22N4O3/c1-29-17-7-3-14(4-8-17)16-11-19-21(20(28)12-16)22(27-23(26-19)24-13-25-27)15-5-9-18(30-2)10-6-15/h3-10,13,16,22H,11-12H2,1-2H3,(H,24,25,26)/t16-,22+/m1/s1. The summed E-state index contributed by atoms with van der Waals surface area (Å²) in [5.74, 6) is 2.48. The van der Waals surface area contributed by atoms with Crippen molar-refractivity contribution in [2.24, 2.45) is 0 Å². The van der Waals surface area contributed by atoms with Crippen LogP contribution in [0.15, 0.2) is 66.1 Å². The molecule has 2 aromatic carbocycles. The number of ketones is 1. The fourth-order valence-electron chi connectivity index (χ4n) is 4.36. The van der Waals surface area contributed by atoms with Gasteiger partial charge in [-0.2, -0.15) is 10.1 Å². The van der Waals surface area contributed by atoms with Gasteiger partial charge < -0.3 is 14.8 Å². The van der Waals surface area contributed by atoms with Crippen LogP contribution in [-0.4, -0.2) is 34.8 Å². The summed E-state index contributed by atoms with van der Waals surface area (Å²) in [4.78, 5) is 17.7. The number of anilines is 1. The molecule has 0 bridgehead atoms. The minimum absolute atomic E-state index is 0.112. The summed E-state index contributed by atoms with van der Waals surface area (Å²) in [6.07, 6.45) is 2.72.